The van der Waals surface area contributed by atoms with Gasteiger partial charge in [-0.3, -0.25) is 9.59 Å². The highest BCUT2D eigenvalue weighted by Gasteiger charge is 2.30. The van der Waals surface area contributed by atoms with E-state index in [4.69, 9.17) is 9.47 Å². The van der Waals surface area contributed by atoms with Gasteiger partial charge in [-0.1, -0.05) is 31.9 Å². The van der Waals surface area contributed by atoms with Gasteiger partial charge in [0.25, 0.3) is 11.8 Å². The predicted octanol–water partition coefficient (Wildman–Crippen LogP) is 5.72. The fourth-order valence-electron chi connectivity index (χ4n) is 4.21. The molecule has 2 aromatic carbocycles. The standard InChI is InChI=1S/C28H30F3N3O4/c1-3-37-25-14-19(13-20(16-32)27(36)34-23-10-5-4-7-18(23)2)11-12-24(25)38-17-26(35)33-22-9-6-8-21(15-22)28(29,30)31/h6,8-9,11-15,18,23H,3-5,7,10,17H2,1-2H3,(H,33,35)(H,34,36)/b20-13+/t18-,23+/m0/s1. The molecule has 7 nitrogen and oxygen atoms in total. The van der Waals surface area contributed by atoms with E-state index in [0.717, 1.165) is 37.8 Å². The predicted molar refractivity (Wildman–Crippen MR) is 136 cm³/mol. The molecule has 1 saturated carbocycles. The van der Waals surface area contributed by atoms with Crippen LogP contribution in [0, 0.1) is 17.2 Å². The van der Waals surface area contributed by atoms with Gasteiger partial charge in [0, 0.05) is 11.7 Å². The van der Waals surface area contributed by atoms with Gasteiger partial charge in [0.1, 0.15) is 11.6 Å². The third-order valence-corrected chi connectivity index (χ3v) is 6.20. The number of anilines is 1. The van der Waals surface area contributed by atoms with Gasteiger partial charge >= 0.3 is 6.18 Å². The van der Waals surface area contributed by atoms with E-state index in [9.17, 15) is 28.0 Å². The first-order valence-corrected chi connectivity index (χ1v) is 12.4. The summed E-state index contributed by atoms with van der Waals surface area (Å²) in [4.78, 5) is 25.0. The first-order chi connectivity index (χ1) is 18.1. The number of amides is 2. The maximum Gasteiger partial charge on any atom is 0.416 e. The highest BCUT2D eigenvalue weighted by molar-refractivity contribution is 6.02. The Morgan fingerprint density at radius 3 is 2.55 bits per heavy atom. The first kappa shape index (κ1) is 28.6. The Kier molecular flexibility index (Phi) is 9.77. The van der Waals surface area contributed by atoms with Crippen LogP contribution in [-0.2, 0) is 15.8 Å². The van der Waals surface area contributed by atoms with Crippen LogP contribution in [0.2, 0.25) is 0 Å². The van der Waals surface area contributed by atoms with Crippen molar-refractivity contribution in [3.8, 4) is 17.6 Å². The Morgan fingerprint density at radius 1 is 1.11 bits per heavy atom. The van der Waals surface area contributed by atoms with E-state index >= 15 is 0 Å². The molecule has 0 bridgehead atoms. The van der Waals surface area contributed by atoms with Crippen LogP contribution in [0.3, 0.4) is 0 Å². The molecule has 0 saturated heterocycles. The highest BCUT2D eigenvalue weighted by Crippen LogP contribution is 2.31. The van der Waals surface area contributed by atoms with Crippen molar-refractivity contribution in [1.29, 1.82) is 5.26 Å². The number of hydrogen-bond donors (Lipinski definition) is 2. The van der Waals surface area contributed by atoms with E-state index < -0.39 is 30.2 Å². The lowest BCUT2D eigenvalue weighted by molar-refractivity contribution is -0.137. The van der Waals surface area contributed by atoms with Gasteiger partial charge in [-0.25, -0.2) is 0 Å². The largest absolute Gasteiger partial charge is 0.490 e. The molecule has 2 aromatic rings. The van der Waals surface area contributed by atoms with Crippen LogP contribution in [0.15, 0.2) is 48.0 Å². The Morgan fingerprint density at radius 2 is 1.87 bits per heavy atom. The Hall–Kier alpha value is -4.00. The molecule has 0 heterocycles. The number of hydrogen-bond acceptors (Lipinski definition) is 5. The summed E-state index contributed by atoms with van der Waals surface area (Å²) in [5.41, 5.74) is -0.405. The highest BCUT2D eigenvalue weighted by atomic mass is 19.4. The average molecular weight is 530 g/mol. The number of carbonyl (C=O) groups is 2. The lowest BCUT2D eigenvalue weighted by Gasteiger charge is -2.29. The Balaban J connectivity index is 1.67. The molecule has 10 heteroatoms. The molecular formula is C28H30F3N3O4. The second kappa shape index (κ2) is 13.0. The minimum Gasteiger partial charge on any atom is -0.490 e. The molecule has 1 fully saturated rings. The topological polar surface area (TPSA) is 100 Å². The zero-order valence-corrected chi connectivity index (χ0v) is 21.2. The molecule has 1 aliphatic rings. The van der Waals surface area contributed by atoms with Crippen LogP contribution in [-0.4, -0.2) is 31.1 Å². The Bertz CT molecular complexity index is 1220. The zero-order valence-electron chi connectivity index (χ0n) is 21.2. The summed E-state index contributed by atoms with van der Waals surface area (Å²) in [6.07, 6.45) is 1.02. The van der Waals surface area contributed by atoms with E-state index in [1.165, 1.54) is 24.3 Å². The Labute approximate surface area is 219 Å². The van der Waals surface area contributed by atoms with Crippen LogP contribution < -0.4 is 20.1 Å². The number of halogens is 3. The quantitative estimate of drug-likeness (QED) is 0.320. The summed E-state index contributed by atoms with van der Waals surface area (Å²) in [6.45, 7) is 3.65. The normalized spacial score (nSPS) is 17.7. The third-order valence-electron chi connectivity index (χ3n) is 6.20. The third kappa shape index (κ3) is 8.00. The monoisotopic (exact) mass is 529 g/mol. The second-order valence-corrected chi connectivity index (χ2v) is 9.07. The minimum absolute atomic E-state index is 0.0103. The van der Waals surface area contributed by atoms with Gasteiger partial charge < -0.3 is 20.1 Å². The molecule has 38 heavy (non-hydrogen) atoms. The van der Waals surface area contributed by atoms with Crippen LogP contribution in [0.5, 0.6) is 11.5 Å². The van der Waals surface area contributed by atoms with Gasteiger partial charge in [-0.05, 0) is 67.7 Å². The lowest BCUT2D eigenvalue weighted by Crippen LogP contribution is -2.41. The fourth-order valence-corrected chi connectivity index (χ4v) is 4.21. The maximum absolute atomic E-state index is 12.9. The molecule has 0 radical (unpaired) electrons. The number of rotatable bonds is 9. The molecule has 0 aliphatic heterocycles. The van der Waals surface area contributed by atoms with Gasteiger partial charge in [-0.15, -0.1) is 0 Å². The number of ether oxygens (including phenoxy) is 2. The molecule has 2 atom stereocenters. The molecule has 0 unspecified atom stereocenters. The van der Waals surface area contributed by atoms with Gasteiger partial charge in [0.15, 0.2) is 18.1 Å². The van der Waals surface area contributed by atoms with Crippen molar-refractivity contribution >= 4 is 23.6 Å². The number of carbonyl (C=O) groups excluding carboxylic acids is 2. The van der Waals surface area contributed by atoms with Crippen LogP contribution in [0.1, 0.15) is 50.7 Å². The van der Waals surface area contributed by atoms with Crippen molar-refractivity contribution in [2.45, 2.75) is 51.7 Å². The van der Waals surface area contributed by atoms with Crippen molar-refractivity contribution in [1.82, 2.24) is 5.32 Å². The molecule has 202 valence electrons. The molecular weight excluding hydrogens is 499 g/mol. The average Bonchev–Trinajstić information content (AvgIpc) is 2.88. The van der Waals surface area contributed by atoms with Crippen LogP contribution >= 0.6 is 0 Å². The summed E-state index contributed by atoms with van der Waals surface area (Å²) >= 11 is 0. The van der Waals surface area contributed by atoms with Gasteiger partial charge in [-0.2, -0.15) is 18.4 Å². The molecule has 0 spiro atoms. The van der Waals surface area contributed by atoms with E-state index in [1.54, 1.807) is 19.1 Å². The summed E-state index contributed by atoms with van der Waals surface area (Å²) in [5.74, 6) is -0.236. The lowest BCUT2D eigenvalue weighted by atomic mass is 9.86. The first-order valence-electron chi connectivity index (χ1n) is 12.4. The smallest absolute Gasteiger partial charge is 0.416 e. The molecule has 2 amide bonds. The SMILES string of the molecule is CCOc1cc(/C=C(\C#N)C(=O)N[C@@H]2CCCC[C@@H]2C)ccc1OCC(=O)Nc1cccc(C(F)(F)F)c1. The molecule has 3 rings (SSSR count). The summed E-state index contributed by atoms with van der Waals surface area (Å²) < 4.78 is 49.8. The van der Waals surface area contributed by atoms with Crippen molar-refractivity contribution in [2.24, 2.45) is 5.92 Å². The minimum atomic E-state index is -4.53. The van der Waals surface area contributed by atoms with E-state index in [-0.39, 0.29) is 35.4 Å². The summed E-state index contributed by atoms with van der Waals surface area (Å²) in [7, 11) is 0. The van der Waals surface area contributed by atoms with E-state index in [0.29, 0.717) is 11.5 Å². The maximum atomic E-state index is 12.9. The van der Waals surface area contributed by atoms with Crippen molar-refractivity contribution < 1.29 is 32.2 Å². The van der Waals surface area contributed by atoms with Crippen LogP contribution in [0.25, 0.3) is 6.08 Å². The van der Waals surface area contributed by atoms with Crippen molar-refractivity contribution in [3.05, 3.63) is 59.2 Å². The number of nitrogens with zero attached hydrogens (tertiary/aromatic N) is 1. The number of benzene rings is 2. The van der Waals surface area contributed by atoms with E-state index in [2.05, 4.69) is 17.6 Å². The van der Waals surface area contributed by atoms with Crippen LogP contribution in [0.4, 0.5) is 18.9 Å². The van der Waals surface area contributed by atoms with Gasteiger partial charge in [0.05, 0.1) is 12.2 Å². The fraction of sp³-hybridized carbons (Fsp3) is 0.393. The van der Waals surface area contributed by atoms with Crippen molar-refractivity contribution in [3.63, 3.8) is 0 Å². The summed E-state index contributed by atoms with van der Waals surface area (Å²) in [6, 6.07) is 11.0. The number of alkyl halides is 3. The van der Waals surface area contributed by atoms with Gasteiger partial charge in [0.2, 0.25) is 0 Å². The summed E-state index contributed by atoms with van der Waals surface area (Å²) in [5, 5.41) is 14.9. The van der Waals surface area contributed by atoms with Crippen molar-refractivity contribution in [2.75, 3.05) is 18.5 Å². The second-order valence-electron chi connectivity index (χ2n) is 9.07. The molecule has 0 aromatic heterocycles. The number of nitriles is 1. The van der Waals surface area contributed by atoms with E-state index in [1.807, 2.05) is 6.07 Å². The molecule has 2 N–H and O–H groups in total. The molecule has 1 aliphatic carbocycles. The number of nitrogens with one attached hydrogen (secondary N) is 2. The zero-order chi connectivity index (χ0) is 27.7.